The molecule has 0 spiro atoms. The van der Waals surface area contributed by atoms with E-state index in [0.29, 0.717) is 0 Å². The molecular weight excluding hydrogens is 410 g/mol. The lowest BCUT2D eigenvalue weighted by Crippen LogP contribution is -2.29. The van der Waals surface area contributed by atoms with Gasteiger partial charge in [0.25, 0.3) is 0 Å². The van der Waals surface area contributed by atoms with Gasteiger partial charge in [-0.25, -0.2) is 13.2 Å². The van der Waals surface area contributed by atoms with Crippen molar-refractivity contribution in [1.82, 2.24) is 4.72 Å². The van der Waals surface area contributed by atoms with Crippen LogP contribution in [-0.4, -0.2) is 21.5 Å². The Labute approximate surface area is 175 Å². The molecule has 150 valence electrons. The maximum absolute atomic E-state index is 13.1. The van der Waals surface area contributed by atoms with Crippen molar-refractivity contribution in [1.29, 1.82) is 0 Å². The molecule has 3 aromatic rings. The molecule has 1 N–H and O–H groups in total. The number of carbonyl (C=O) groups excluding carboxylic acids is 1. The summed E-state index contributed by atoms with van der Waals surface area (Å²) in [7, 11) is -2.76. The number of carbonyl (C=O) groups is 1. The van der Waals surface area contributed by atoms with Crippen LogP contribution in [0.5, 0.6) is 0 Å². The van der Waals surface area contributed by atoms with Gasteiger partial charge in [-0.05, 0) is 36.2 Å². The number of aryl methyl sites for hydroxylation is 1. The first kappa shape index (κ1) is 21.0. The molecule has 0 saturated heterocycles. The molecule has 3 rings (SSSR count). The molecule has 0 unspecified atom stereocenters. The summed E-state index contributed by atoms with van der Waals surface area (Å²) in [4.78, 5) is 11.8. The van der Waals surface area contributed by atoms with Crippen LogP contribution in [0.25, 0.3) is 0 Å². The Kier molecular flexibility index (Phi) is 6.37. The molecule has 0 amide bonds. The summed E-state index contributed by atoms with van der Waals surface area (Å²) in [5, 5.41) is 0.120. The number of benzene rings is 3. The van der Waals surface area contributed by atoms with Crippen LogP contribution >= 0.6 is 11.6 Å². The van der Waals surface area contributed by atoms with Crippen molar-refractivity contribution in [2.24, 2.45) is 0 Å². The van der Waals surface area contributed by atoms with Gasteiger partial charge < -0.3 is 4.74 Å². The summed E-state index contributed by atoms with van der Waals surface area (Å²) in [6, 6.07) is 20.3. The summed E-state index contributed by atoms with van der Waals surface area (Å²) < 4.78 is 33.7. The number of esters is 1. The summed E-state index contributed by atoms with van der Waals surface area (Å²) in [5.41, 5.74) is 2.61. The Bertz CT molecular complexity index is 1130. The third-order valence-electron chi connectivity index (χ3n) is 4.43. The number of rotatable bonds is 6. The van der Waals surface area contributed by atoms with Crippen molar-refractivity contribution < 1.29 is 17.9 Å². The van der Waals surface area contributed by atoms with Gasteiger partial charge in [-0.1, -0.05) is 71.8 Å². The minimum absolute atomic E-state index is 0.0103. The normalized spacial score (nSPS) is 12.4. The number of sulfonamides is 1. The fourth-order valence-electron chi connectivity index (χ4n) is 2.98. The number of halogens is 1. The zero-order valence-electron chi connectivity index (χ0n) is 15.9. The standard InChI is InChI=1S/C22H20ClNO4S/c1-15-7-6-10-17(13-15)21(16-8-4-3-5-9-16)24-29(26,27)18-11-12-20(23)19(14-18)22(25)28-2/h3-14,21,24H,1-2H3/t21-/m1/s1. The van der Waals surface area contributed by atoms with Gasteiger partial charge in [-0.2, -0.15) is 4.72 Å². The SMILES string of the molecule is COC(=O)c1cc(S(=O)(=O)N[C@H](c2ccccc2)c2cccc(C)c2)ccc1Cl. The van der Waals surface area contributed by atoms with Crippen LogP contribution in [0.2, 0.25) is 5.02 Å². The second kappa shape index (κ2) is 8.78. The molecule has 0 aliphatic heterocycles. The predicted octanol–water partition coefficient (Wildman–Crippen LogP) is 4.50. The highest BCUT2D eigenvalue weighted by Crippen LogP contribution is 2.27. The van der Waals surface area contributed by atoms with Crippen LogP contribution in [-0.2, 0) is 14.8 Å². The molecule has 0 aromatic heterocycles. The van der Waals surface area contributed by atoms with E-state index < -0.39 is 22.0 Å². The third-order valence-corrected chi connectivity index (χ3v) is 6.18. The van der Waals surface area contributed by atoms with Crippen molar-refractivity contribution in [2.75, 3.05) is 7.11 Å². The van der Waals surface area contributed by atoms with Crippen LogP contribution in [0.4, 0.5) is 0 Å². The molecule has 0 aliphatic carbocycles. The molecule has 0 fully saturated rings. The van der Waals surface area contributed by atoms with Crippen molar-refractivity contribution in [3.05, 3.63) is 100 Å². The average molecular weight is 430 g/mol. The molecule has 0 saturated carbocycles. The molecule has 0 radical (unpaired) electrons. The Hall–Kier alpha value is -2.67. The number of ether oxygens (including phenoxy) is 1. The van der Waals surface area contributed by atoms with Gasteiger partial charge in [0, 0.05) is 0 Å². The topological polar surface area (TPSA) is 72.5 Å². The zero-order chi connectivity index (χ0) is 21.0. The van der Waals surface area contributed by atoms with Crippen LogP contribution in [0.1, 0.15) is 33.1 Å². The maximum Gasteiger partial charge on any atom is 0.339 e. The van der Waals surface area contributed by atoms with E-state index in [1.165, 1.54) is 25.3 Å². The fraction of sp³-hybridized carbons (Fsp3) is 0.136. The molecule has 5 nitrogen and oxygen atoms in total. The summed E-state index contributed by atoms with van der Waals surface area (Å²) >= 11 is 6.02. The van der Waals surface area contributed by atoms with Gasteiger partial charge in [-0.3, -0.25) is 0 Å². The first-order valence-corrected chi connectivity index (χ1v) is 10.7. The Morgan fingerprint density at radius 3 is 2.31 bits per heavy atom. The largest absolute Gasteiger partial charge is 0.465 e. The number of nitrogens with one attached hydrogen (secondary N) is 1. The van der Waals surface area contributed by atoms with E-state index in [0.717, 1.165) is 16.7 Å². The van der Waals surface area contributed by atoms with Crippen molar-refractivity contribution in [3.63, 3.8) is 0 Å². The molecule has 3 aromatic carbocycles. The second-order valence-corrected chi connectivity index (χ2v) is 8.63. The quantitative estimate of drug-likeness (QED) is 0.585. The highest BCUT2D eigenvalue weighted by Gasteiger charge is 2.25. The van der Waals surface area contributed by atoms with Gasteiger partial charge in [0.2, 0.25) is 10.0 Å². The zero-order valence-corrected chi connectivity index (χ0v) is 17.5. The Balaban J connectivity index is 2.04. The minimum atomic E-state index is -3.97. The fourth-order valence-corrected chi connectivity index (χ4v) is 4.42. The van der Waals surface area contributed by atoms with E-state index >= 15 is 0 Å². The first-order chi connectivity index (χ1) is 13.8. The van der Waals surface area contributed by atoms with Gasteiger partial charge in [-0.15, -0.1) is 0 Å². The van der Waals surface area contributed by atoms with Gasteiger partial charge in [0.1, 0.15) is 0 Å². The summed E-state index contributed by atoms with van der Waals surface area (Å²) in [6.45, 7) is 1.95. The lowest BCUT2D eigenvalue weighted by Gasteiger charge is -2.20. The highest BCUT2D eigenvalue weighted by atomic mass is 35.5. The number of methoxy groups -OCH3 is 1. The van der Waals surface area contributed by atoms with Gasteiger partial charge in [0.05, 0.1) is 28.6 Å². The van der Waals surface area contributed by atoms with Crippen LogP contribution < -0.4 is 4.72 Å². The van der Waals surface area contributed by atoms with Gasteiger partial charge in [0.15, 0.2) is 0 Å². The van der Waals surface area contributed by atoms with Crippen molar-refractivity contribution in [2.45, 2.75) is 17.9 Å². The van der Waals surface area contributed by atoms with E-state index in [1.54, 1.807) is 0 Å². The minimum Gasteiger partial charge on any atom is -0.465 e. The van der Waals surface area contributed by atoms with Crippen molar-refractivity contribution >= 4 is 27.6 Å². The molecule has 1 atom stereocenters. The Morgan fingerprint density at radius 1 is 0.966 bits per heavy atom. The lowest BCUT2D eigenvalue weighted by atomic mass is 9.98. The summed E-state index contributed by atoms with van der Waals surface area (Å²) in [6.07, 6.45) is 0. The van der Waals surface area contributed by atoms with E-state index in [9.17, 15) is 13.2 Å². The average Bonchev–Trinajstić information content (AvgIpc) is 2.72. The molecule has 0 bridgehead atoms. The number of hydrogen-bond acceptors (Lipinski definition) is 4. The Morgan fingerprint density at radius 2 is 1.66 bits per heavy atom. The monoisotopic (exact) mass is 429 g/mol. The smallest absolute Gasteiger partial charge is 0.339 e. The molecular formula is C22H20ClNO4S. The first-order valence-electron chi connectivity index (χ1n) is 8.83. The van der Waals surface area contributed by atoms with Crippen LogP contribution in [0.15, 0.2) is 77.7 Å². The molecule has 7 heteroatoms. The van der Waals surface area contributed by atoms with E-state index in [-0.39, 0.29) is 15.5 Å². The van der Waals surface area contributed by atoms with E-state index in [2.05, 4.69) is 9.46 Å². The molecule has 0 aliphatic rings. The third kappa shape index (κ3) is 4.85. The summed E-state index contributed by atoms with van der Waals surface area (Å²) in [5.74, 6) is -0.703. The second-order valence-electron chi connectivity index (χ2n) is 6.51. The van der Waals surface area contributed by atoms with Gasteiger partial charge >= 0.3 is 5.97 Å². The molecule has 0 heterocycles. The maximum atomic E-state index is 13.1. The predicted molar refractivity (Wildman–Crippen MR) is 113 cm³/mol. The van der Waals surface area contributed by atoms with Crippen LogP contribution in [0, 0.1) is 6.92 Å². The van der Waals surface area contributed by atoms with E-state index in [1.807, 2.05) is 61.5 Å². The van der Waals surface area contributed by atoms with Crippen LogP contribution in [0.3, 0.4) is 0 Å². The molecule has 29 heavy (non-hydrogen) atoms. The van der Waals surface area contributed by atoms with E-state index in [4.69, 9.17) is 11.6 Å². The highest BCUT2D eigenvalue weighted by molar-refractivity contribution is 7.89. The lowest BCUT2D eigenvalue weighted by molar-refractivity contribution is 0.0600. The number of hydrogen-bond donors (Lipinski definition) is 1. The van der Waals surface area contributed by atoms with Crippen molar-refractivity contribution in [3.8, 4) is 0 Å².